The van der Waals surface area contributed by atoms with E-state index in [1.165, 1.54) is 40.7 Å². The molecule has 1 amide bonds. The molecule has 2 atom stereocenters. The van der Waals surface area contributed by atoms with Gasteiger partial charge in [-0.15, -0.1) is 0 Å². The second-order valence-corrected chi connectivity index (χ2v) is 9.36. The first-order valence-electron chi connectivity index (χ1n) is 9.28. The average Bonchev–Trinajstić information content (AvgIpc) is 2.67. The first kappa shape index (κ1) is 22.5. The molecule has 30 heavy (non-hydrogen) atoms. The Morgan fingerprint density at radius 1 is 1.20 bits per heavy atom. The van der Waals surface area contributed by atoms with Crippen LogP contribution in [0.25, 0.3) is 0 Å². The van der Waals surface area contributed by atoms with Gasteiger partial charge in [0.15, 0.2) is 6.61 Å². The fourth-order valence-electron chi connectivity index (χ4n) is 3.12. The molecule has 1 N–H and O–H groups in total. The van der Waals surface area contributed by atoms with Crippen LogP contribution in [0.5, 0.6) is 5.75 Å². The summed E-state index contributed by atoms with van der Waals surface area (Å²) in [6.07, 6.45) is -0.367. The number of hydrogen-bond donors (Lipinski definition) is 1. The lowest BCUT2D eigenvalue weighted by atomic mass is 10.3. The van der Waals surface area contributed by atoms with Crippen molar-refractivity contribution >= 4 is 33.2 Å². The van der Waals surface area contributed by atoms with Crippen LogP contribution < -0.4 is 10.1 Å². The number of halogens is 2. The number of hydrogen-bond acceptors (Lipinski definition) is 5. The van der Waals surface area contributed by atoms with Gasteiger partial charge in [0.2, 0.25) is 10.0 Å². The van der Waals surface area contributed by atoms with Crippen LogP contribution >= 0.6 is 11.6 Å². The summed E-state index contributed by atoms with van der Waals surface area (Å²) in [7, 11) is -3.66. The van der Waals surface area contributed by atoms with Crippen molar-refractivity contribution in [3.05, 3.63) is 53.3 Å². The molecule has 10 heteroatoms. The second-order valence-electron chi connectivity index (χ2n) is 7.02. The fraction of sp³-hybridized carbons (Fsp3) is 0.350. The zero-order valence-electron chi connectivity index (χ0n) is 16.5. The number of carbonyl (C=O) groups excluding carboxylic acids is 1. The molecule has 0 bridgehead atoms. The number of benzene rings is 2. The van der Waals surface area contributed by atoms with Crippen LogP contribution in [0.3, 0.4) is 0 Å². The van der Waals surface area contributed by atoms with Gasteiger partial charge in [0.05, 0.1) is 22.1 Å². The summed E-state index contributed by atoms with van der Waals surface area (Å²) < 4.78 is 51.0. The van der Waals surface area contributed by atoms with Gasteiger partial charge in [-0.2, -0.15) is 4.31 Å². The third kappa shape index (κ3) is 5.48. The van der Waals surface area contributed by atoms with E-state index in [1.807, 2.05) is 13.8 Å². The number of nitrogens with one attached hydrogen (secondary N) is 1. The van der Waals surface area contributed by atoms with Crippen LogP contribution in [-0.4, -0.2) is 50.5 Å². The lowest BCUT2D eigenvalue weighted by molar-refractivity contribution is -0.118. The standard InChI is InChI=1S/C20H22ClFN2O5S/c1-13-10-24(11-14(2)29-13)30(26,27)17-6-4-16(5-7-17)23-20(25)12-28-19-8-3-15(22)9-18(19)21/h3-9,13-14H,10-12H2,1-2H3,(H,23,25)/t13-,14-/m0/s1. The SMILES string of the molecule is C[C@H]1CN(S(=O)(=O)c2ccc(NC(=O)COc3ccc(F)cc3Cl)cc2)C[C@H](C)O1. The summed E-state index contributed by atoms with van der Waals surface area (Å²) in [5.74, 6) is -0.793. The number of morpholine rings is 1. The van der Waals surface area contributed by atoms with Crippen molar-refractivity contribution in [1.29, 1.82) is 0 Å². The number of sulfonamides is 1. The molecular weight excluding hydrogens is 435 g/mol. The van der Waals surface area contributed by atoms with Crippen LogP contribution in [0, 0.1) is 5.82 Å². The van der Waals surface area contributed by atoms with Gasteiger partial charge in [-0.3, -0.25) is 4.79 Å². The molecule has 0 spiro atoms. The fourth-order valence-corrected chi connectivity index (χ4v) is 4.93. The minimum absolute atomic E-state index is 0.0594. The van der Waals surface area contributed by atoms with Crippen molar-refractivity contribution < 1.29 is 27.1 Å². The Bertz CT molecular complexity index is 1010. The van der Waals surface area contributed by atoms with Crippen molar-refractivity contribution in [3.8, 4) is 5.75 Å². The molecule has 1 aliphatic rings. The van der Waals surface area contributed by atoms with Crippen LogP contribution in [0.1, 0.15) is 13.8 Å². The lowest BCUT2D eigenvalue weighted by Gasteiger charge is -2.34. The third-order valence-electron chi connectivity index (χ3n) is 4.41. The van der Waals surface area contributed by atoms with Crippen LogP contribution in [0.4, 0.5) is 10.1 Å². The monoisotopic (exact) mass is 456 g/mol. The predicted octanol–water partition coefficient (Wildman–Crippen LogP) is 3.29. The number of nitrogens with zero attached hydrogens (tertiary/aromatic N) is 1. The van der Waals surface area contributed by atoms with Crippen molar-refractivity contribution in [1.82, 2.24) is 4.31 Å². The molecule has 2 aromatic carbocycles. The molecule has 1 fully saturated rings. The van der Waals surface area contributed by atoms with E-state index in [-0.39, 0.29) is 47.6 Å². The summed E-state index contributed by atoms with van der Waals surface area (Å²) in [6.45, 7) is 3.90. The Balaban J connectivity index is 1.60. The molecular formula is C20H22ClFN2O5S. The highest BCUT2D eigenvalue weighted by molar-refractivity contribution is 7.89. The highest BCUT2D eigenvalue weighted by Crippen LogP contribution is 2.25. The van der Waals surface area contributed by atoms with Gasteiger partial charge in [-0.1, -0.05) is 11.6 Å². The van der Waals surface area contributed by atoms with Crippen LogP contribution in [0.15, 0.2) is 47.4 Å². The molecule has 0 aliphatic carbocycles. The Hall–Kier alpha value is -2.20. The highest BCUT2D eigenvalue weighted by Gasteiger charge is 2.32. The maximum Gasteiger partial charge on any atom is 0.262 e. The molecule has 0 radical (unpaired) electrons. The first-order valence-corrected chi connectivity index (χ1v) is 11.1. The molecule has 1 saturated heterocycles. The molecule has 0 saturated carbocycles. The second kappa shape index (κ2) is 9.30. The first-order chi connectivity index (χ1) is 14.1. The highest BCUT2D eigenvalue weighted by atomic mass is 35.5. The Morgan fingerprint density at radius 2 is 1.83 bits per heavy atom. The number of anilines is 1. The Morgan fingerprint density at radius 3 is 2.43 bits per heavy atom. The number of amides is 1. The van der Waals surface area contributed by atoms with Crippen molar-refractivity contribution in [2.45, 2.75) is 31.0 Å². The zero-order valence-corrected chi connectivity index (χ0v) is 18.0. The molecule has 7 nitrogen and oxygen atoms in total. The summed E-state index contributed by atoms with van der Waals surface area (Å²) in [5.41, 5.74) is 0.413. The molecule has 1 heterocycles. The van der Waals surface area contributed by atoms with Gasteiger partial charge in [-0.25, -0.2) is 12.8 Å². The third-order valence-corrected chi connectivity index (χ3v) is 6.56. The molecule has 3 rings (SSSR count). The van der Waals surface area contributed by atoms with Gasteiger partial charge < -0.3 is 14.8 Å². The summed E-state index contributed by atoms with van der Waals surface area (Å²) in [6, 6.07) is 9.48. The quantitative estimate of drug-likeness (QED) is 0.721. The van der Waals surface area contributed by atoms with E-state index in [2.05, 4.69) is 5.32 Å². The lowest BCUT2D eigenvalue weighted by Crippen LogP contribution is -2.48. The number of ether oxygens (including phenoxy) is 2. The predicted molar refractivity (Wildman–Crippen MR) is 111 cm³/mol. The molecule has 162 valence electrons. The number of carbonyl (C=O) groups is 1. The van der Waals surface area contributed by atoms with Crippen molar-refractivity contribution in [3.63, 3.8) is 0 Å². The van der Waals surface area contributed by atoms with E-state index in [4.69, 9.17) is 21.1 Å². The number of rotatable bonds is 6. The molecule has 0 unspecified atom stereocenters. The normalized spacial score (nSPS) is 20.0. The maximum absolute atomic E-state index is 13.0. The minimum atomic E-state index is -3.66. The van der Waals surface area contributed by atoms with Crippen molar-refractivity contribution in [2.75, 3.05) is 25.0 Å². The van der Waals surface area contributed by atoms with Crippen molar-refractivity contribution in [2.24, 2.45) is 0 Å². The topological polar surface area (TPSA) is 84.9 Å². The molecule has 1 aliphatic heterocycles. The van der Waals surface area contributed by atoms with Gasteiger partial charge >= 0.3 is 0 Å². The van der Waals surface area contributed by atoms with Crippen LogP contribution in [-0.2, 0) is 19.6 Å². The molecule has 0 aromatic heterocycles. The summed E-state index contributed by atoms with van der Waals surface area (Å²) in [5, 5.41) is 2.67. The Labute approximate surface area is 179 Å². The summed E-state index contributed by atoms with van der Waals surface area (Å²) in [4.78, 5) is 12.2. The zero-order chi connectivity index (χ0) is 21.9. The molecule has 2 aromatic rings. The van der Waals surface area contributed by atoms with Gasteiger partial charge in [0, 0.05) is 18.8 Å². The van der Waals surface area contributed by atoms with Gasteiger partial charge in [-0.05, 0) is 56.3 Å². The smallest absolute Gasteiger partial charge is 0.262 e. The van der Waals surface area contributed by atoms with Crippen LogP contribution in [0.2, 0.25) is 5.02 Å². The largest absolute Gasteiger partial charge is 0.482 e. The minimum Gasteiger partial charge on any atom is -0.482 e. The van der Waals surface area contributed by atoms with E-state index in [0.717, 1.165) is 6.07 Å². The average molecular weight is 457 g/mol. The maximum atomic E-state index is 13.0. The van der Waals surface area contributed by atoms with Gasteiger partial charge in [0.1, 0.15) is 11.6 Å². The van der Waals surface area contributed by atoms with E-state index < -0.39 is 21.7 Å². The summed E-state index contributed by atoms with van der Waals surface area (Å²) >= 11 is 5.85. The van der Waals surface area contributed by atoms with E-state index in [9.17, 15) is 17.6 Å². The Kier molecular flexibility index (Phi) is 6.97. The van der Waals surface area contributed by atoms with E-state index >= 15 is 0 Å². The van der Waals surface area contributed by atoms with E-state index in [1.54, 1.807) is 0 Å². The van der Waals surface area contributed by atoms with Gasteiger partial charge in [0.25, 0.3) is 5.91 Å². The van der Waals surface area contributed by atoms with E-state index in [0.29, 0.717) is 5.69 Å².